The van der Waals surface area contributed by atoms with Crippen molar-refractivity contribution in [3.8, 4) is 0 Å². The Morgan fingerprint density at radius 2 is 1.91 bits per heavy atom. The topological polar surface area (TPSA) is 37.6 Å². The van der Waals surface area contributed by atoms with Gasteiger partial charge in [-0.15, -0.1) is 0 Å². The molecule has 0 saturated heterocycles. The van der Waals surface area contributed by atoms with Gasteiger partial charge in [0.25, 0.3) is 5.56 Å². The van der Waals surface area contributed by atoms with Crippen molar-refractivity contribution in [3.05, 3.63) is 81.4 Å². The highest BCUT2D eigenvalue weighted by molar-refractivity contribution is 6.31. The van der Waals surface area contributed by atoms with Crippen LogP contribution in [0.1, 0.15) is 11.3 Å². The van der Waals surface area contributed by atoms with Gasteiger partial charge in [0.15, 0.2) is 0 Å². The number of halogens is 1. The van der Waals surface area contributed by atoms with Crippen molar-refractivity contribution < 1.29 is 0 Å². The lowest BCUT2D eigenvalue weighted by molar-refractivity contribution is 0.315. The Balaban J connectivity index is 1.81. The van der Waals surface area contributed by atoms with Crippen molar-refractivity contribution in [2.45, 2.75) is 13.1 Å². The zero-order valence-corrected chi connectivity index (χ0v) is 13.0. The van der Waals surface area contributed by atoms with E-state index in [-0.39, 0.29) is 5.56 Å². The molecular formula is C17H16ClN3O. The first-order valence-corrected chi connectivity index (χ1v) is 7.40. The van der Waals surface area contributed by atoms with E-state index in [1.54, 1.807) is 12.3 Å². The lowest BCUT2D eigenvalue weighted by Gasteiger charge is -2.17. The summed E-state index contributed by atoms with van der Waals surface area (Å²) in [5, 5.41) is 0.751. The van der Waals surface area contributed by atoms with Gasteiger partial charge in [-0.2, -0.15) is 0 Å². The van der Waals surface area contributed by atoms with Gasteiger partial charge in [-0.1, -0.05) is 35.9 Å². The first kappa shape index (κ1) is 14.8. The normalized spacial score (nSPS) is 11.2. The number of rotatable bonds is 4. The predicted molar refractivity (Wildman–Crippen MR) is 88.1 cm³/mol. The summed E-state index contributed by atoms with van der Waals surface area (Å²) >= 11 is 6.18. The molecule has 0 aliphatic heterocycles. The molecule has 0 spiro atoms. The highest BCUT2D eigenvalue weighted by atomic mass is 35.5. The monoisotopic (exact) mass is 313 g/mol. The Labute approximate surface area is 133 Å². The molecule has 0 bridgehead atoms. The van der Waals surface area contributed by atoms with Gasteiger partial charge in [0.05, 0.1) is 5.69 Å². The highest BCUT2D eigenvalue weighted by Gasteiger charge is 2.07. The number of nitrogens with zero attached hydrogens (tertiary/aromatic N) is 3. The van der Waals surface area contributed by atoms with E-state index in [0.29, 0.717) is 18.7 Å². The number of aromatic nitrogens is 2. The molecule has 0 saturated carbocycles. The van der Waals surface area contributed by atoms with E-state index in [0.717, 1.165) is 16.3 Å². The van der Waals surface area contributed by atoms with Crippen molar-refractivity contribution in [1.82, 2.24) is 14.3 Å². The summed E-state index contributed by atoms with van der Waals surface area (Å²) in [6, 6.07) is 14.9. The summed E-state index contributed by atoms with van der Waals surface area (Å²) in [5.41, 5.74) is 2.41. The lowest BCUT2D eigenvalue weighted by atomic mass is 10.2. The van der Waals surface area contributed by atoms with Crippen LogP contribution in [0, 0.1) is 0 Å². The van der Waals surface area contributed by atoms with Gasteiger partial charge in [0.1, 0.15) is 5.65 Å². The summed E-state index contributed by atoms with van der Waals surface area (Å²) in [6.07, 6.45) is 1.72. The number of hydrogen-bond acceptors (Lipinski definition) is 3. The Morgan fingerprint density at radius 3 is 2.73 bits per heavy atom. The van der Waals surface area contributed by atoms with Gasteiger partial charge in [-0.05, 0) is 30.8 Å². The third kappa shape index (κ3) is 3.18. The summed E-state index contributed by atoms with van der Waals surface area (Å²) < 4.78 is 1.54. The van der Waals surface area contributed by atoms with Crippen LogP contribution in [0.15, 0.2) is 59.5 Å². The average molecular weight is 314 g/mol. The highest BCUT2D eigenvalue weighted by Crippen LogP contribution is 2.17. The Hall–Kier alpha value is -2.17. The molecule has 22 heavy (non-hydrogen) atoms. The molecular weight excluding hydrogens is 298 g/mol. The van der Waals surface area contributed by atoms with Crippen LogP contribution in [0.5, 0.6) is 0 Å². The van der Waals surface area contributed by atoms with Gasteiger partial charge in [-0.3, -0.25) is 14.1 Å². The number of hydrogen-bond donors (Lipinski definition) is 0. The van der Waals surface area contributed by atoms with Crippen LogP contribution in [-0.2, 0) is 13.1 Å². The first-order chi connectivity index (χ1) is 10.6. The maximum Gasteiger partial charge on any atom is 0.258 e. The molecule has 0 fully saturated rings. The van der Waals surface area contributed by atoms with Crippen LogP contribution >= 0.6 is 11.6 Å². The maximum atomic E-state index is 12.1. The molecule has 0 radical (unpaired) electrons. The molecule has 5 heteroatoms. The van der Waals surface area contributed by atoms with Crippen LogP contribution in [0.25, 0.3) is 5.65 Å². The standard InChI is InChI=1S/C17H16ClN3O/c1-20(11-13-6-2-3-7-15(13)18)12-14-10-17(22)21-9-5-4-8-16(21)19-14/h2-10H,11-12H2,1H3. The predicted octanol–water partition coefficient (Wildman–Crippen LogP) is 2.98. The minimum absolute atomic E-state index is 0.0632. The molecule has 0 atom stereocenters. The van der Waals surface area contributed by atoms with E-state index in [9.17, 15) is 4.79 Å². The van der Waals surface area contributed by atoms with Crippen molar-refractivity contribution in [3.63, 3.8) is 0 Å². The number of benzene rings is 1. The number of fused-ring (bicyclic) bond motifs is 1. The second kappa shape index (κ2) is 6.30. The fourth-order valence-corrected chi connectivity index (χ4v) is 2.63. The summed E-state index contributed by atoms with van der Waals surface area (Å²) in [4.78, 5) is 18.7. The maximum absolute atomic E-state index is 12.1. The van der Waals surface area contributed by atoms with E-state index in [4.69, 9.17) is 11.6 Å². The quantitative estimate of drug-likeness (QED) is 0.743. The molecule has 2 heterocycles. The molecule has 1 aromatic carbocycles. The second-order valence-electron chi connectivity index (χ2n) is 5.28. The minimum atomic E-state index is -0.0632. The van der Waals surface area contributed by atoms with Crippen molar-refractivity contribution in [1.29, 1.82) is 0 Å². The summed E-state index contributed by atoms with van der Waals surface area (Å²) in [7, 11) is 1.98. The zero-order chi connectivity index (χ0) is 15.5. The van der Waals surface area contributed by atoms with Crippen LogP contribution in [0.2, 0.25) is 5.02 Å². The van der Waals surface area contributed by atoms with Crippen molar-refractivity contribution in [2.24, 2.45) is 0 Å². The zero-order valence-electron chi connectivity index (χ0n) is 12.2. The molecule has 0 aliphatic rings. The second-order valence-corrected chi connectivity index (χ2v) is 5.69. The van der Waals surface area contributed by atoms with E-state index >= 15 is 0 Å². The first-order valence-electron chi connectivity index (χ1n) is 7.03. The van der Waals surface area contributed by atoms with E-state index < -0.39 is 0 Å². The third-order valence-electron chi connectivity index (χ3n) is 3.45. The van der Waals surface area contributed by atoms with Crippen LogP contribution in [0.3, 0.4) is 0 Å². The van der Waals surface area contributed by atoms with E-state index in [2.05, 4.69) is 9.88 Å². The fourth-order valence-electron chi connectivity index (χ4n) is 2.43. The third-order valence-corrected chi connectivity index (χ3v) is 3.82. The van der Waals surface area contributed by atoms with Crippen molar-refractivity contribution >= 4 is 17.2 Å². The summed E-state index contributed by atoms with van der Waals surface area (Å²) in [5.74, 6) is 0. The van der Waals surface area contributed by atoms with Gasteiger partial charge in [0.2, 0.25) is 0 Å². The summed E-state index contributed by atoms with van der Waals surface area (Å²) in [6.45, 7) is 1.29. The molecule has 0 N–H and O–H groups in total. The number of pyridine rings is 1. The molecule has 4 nitrogen and oxygen atoms in total. The van der Waals surface area contributed by atoms with Crippen molar-refractivity contribution in [2.75, 3.05) is 7.05 Å². The molecule has 0 aliphatic carbocycles. The smallest absolute Gasteiger partial charge is 0.258 e. The van der Waals surface area contributed by atoms with Gasteiger partial charge < -0.3 is 0 Å². The minimum Gasteiger partial charge on any atom is -0.296 e. The van der Waals surface area contributed by atoms with Gasteiger partial charge in [0, 0.05) is 30.4 Å². The molecule has 0 unspecified atom stereocenters. The molecule has 0 amide bonds. The Morgan fingerprint density at radius 1 is 1.14 bits per heavy atom. The van der Waals surface area contributed by atoms with Gasteiger partial charge >= 0.3 is 0 Å². The molecule has 2 aromatic heterocycles. The van der Waals surface area contributed by atoms with Crippen LogP contribution < -0.4 is 5.56 Å². The average Bonchev–Trinajstić information content (AvgIpc) is 2.49. The molecule has 3 aromatic rings. The lowest BCUT2D eigenvalue weighted by Crippen LogP contribution is -2.21. The SMILES string of the molecule is CN(Cc1cc(=O)n2ccccc2n1)Cc1ccccc1Cl. The van der Waals surface area contributed by atoms with E-state index in [1.165, 1.54) is 4.40 Å². The van der Waals surface area contributed by atoms with Crippen LogP contribution in [-0.4, -0.2) is 21.3 Å². The van der Waals surface area contributed by atoms with E-state index in [1.807, 2.05) is 49.5 Å². The molecule has 3 rings (SSSR count). The largest absolute Gasteiger partial charge is 0.296 e. The molecule has 112 valence electrons. The Kier molecular flexibility index (Phi) is 4.22. The Bertz CT molecular complexity index is 860. The van der Waals surface area contributed by atoms with Gasteiger partial charge in [-0.25, -0.2) is 4.98 Å². The fraction of sp³-hybridized carbons (Fsp3) is 0.176. The van der Waals surface area contributed by atoms with Crippen LogP contribution in [0.4, 0.5) is 0 Å².